The maximum Gasteiger partial charge on any atom is 0.232 e. The molecule has 0 aliphatic rings. The zero-order valence-electron chi connectivity index (χ0n) is 10.7. The highest BCUT2D eigenvalue weighted by Gasteiger charge is 2.12. The van der Waals surface area contributed by atoms with Crippen LogP contribution in [0, 0.1) is 0 Å². The molecule has 4 N–H and O–H groups in total. The van der Waals surface area contributed by atoms with Gasteiger partial charge in [0.05, 0.1) is 13.2 Å². The second-order valence-corrected chi connectivity index (χ2v) is 3.50. The van der Waals surface area contributed by atoms with Crippen LogP contribution in [0.4, 0.5) is 17.8 Å². The molecule has 0 aliphatic heterocycles. The maximum atomic E-state index is 9.00. The highest BCUT2D eigenvalue weighted by molar-refractivity contribution is 5.43. The number of aliphatic hydroxyl groups excluding tert-OH is 2. The van der Waals surface area contributed by atoms with E-state index in [1.165, 1.54) is 0 Å². The molecule has 0 bridgehead atoms. The topological polar surface area (TPSA) is 106 Å². The molecule has 0 aliphatic carbocycles. The van der Waals surface area contributed by atoms with Gasteiger partial charge in [-0.3, -0.25) is 0 Å². The summed E-state index contributed by atoms with van der Waals surface area (Å²) in [5, 5.41) is 23.9. The number of anilines is 3. The van der Waals surface area contributed by atoms with Gasteiger partial charge in [-0.1, -0.05) is 0 Å². The third kappa shape index (κ3) is 3.97. The SMILES string of the molecule is CCNc1nc(NC)nc(N(CCO)CCO)n1. The van der Waals surface area contributed by atoms with Crippen molar-refractivity contribution in [2.45, 2.75) is 6.92 Å². The molecule has 1 aromatic rings. The van der Waals surface area contributed by atoms with Crippen molar-refractivity contribution in [1.82, 2.24) is 15.0 Å². The van der Waals surface area contributed by atoms with Gasteiger partial charge in [-0.05, 0) is 6.92 Å². The predicted molar refractivity (Wildman–Crippen MR) is 69.9 cm³/mol. The number of rotatable bonds is 8. The average Bonchev–Trinajstić information content (AvgIpc) is 2.38. The van der Waals surface area contributed by atoms with Crippen molar-refractivity contribution < 1.29 is 10.2 Å². The molecule has 1 aromatic heterocycles. The Hall–Kier alpha value is -1.67. The summed E-state index contributed by atoms with van der Waals surface area (Å²) in [5.74, 6) is 1.33. The Labute approximate surface area is 106 Å². The van der Waals surface area contributed by atoms with Gasteiger partial charge in [0.15, 0.2) is 0 Å². The van der Waals surface area contributed by atoms with Crippen LogP contribution in [0.15, 0.2) is 0 Å². The van der Waals surface area contributed by atoms with Gasteiger partial charge in [0.25, 0.3) is 0 Å². The molecular formula is C10H20N6O2. The van der Waals surface area contributed by atoms with Gasteiger partial charge >= 0.3 is 0 Å². The Morgan fingerprint density at radius 1 is 1.06 bits per heavy atom. The molecule has 0 aromatic carbocycles. The molecule has 0 atom stereocenters. The van der Waals surface area contributed by atoms with E-state index in [-0.39, 0.29) is 13.2 Å². The number of hydrogen-bond donors (Lipinski definition) is 4. The number of nitrogens with zero attached hydrogens (tertiary/aromatic N) is 4. The first-order chi connectivity index (χ1) is 8.74. The zero-order valence-corrected chi connectivity index (χ0v) is 10.7. The van der Waals surface area contributed by atoms with Crippen LogP contribution < -0.4 is 15.5 Å². The third-order valence-electron chi connectivity index (χ3n) is 2.20. The fourth-order valence-corrected chi connectivity index (χ4v) is 1.41. The van der Waals surface area contributed by atoms with Crippen LogP contribution in [-0.2, 0) is 0 Å². The Morgan fingerprint density at radius 3 is 2.17 bits per heavy atom. The van der Waals surface area contributed by atoms with Crippen molar-refractivity contribution in [3.8, 4) is 0 Å². The van der Waals surface area contributed by atoms with Gasteiger partial charge in [0, 0.05) is 26.7 Å². The van der Waals surface area contributed by atoms with E-state index in [9.17, 15) is 0 Å². The first-order valence-electron chi connectivity index (χ1n) is 5.89. The largest absolute Gasteiger partial charge is 0.395 e. The van der Waals surface area contributed by atoms with E-state index in [4.69, 9.17) is 10.2 Å². The molecule has 8 heteroatoms. The molecule has 18 heavy (non-hydrogen) atoms. The van der Waals surface area contributed by atoms with Crippen molar-refractivity contribution in [1.29, 1.82) is 0 Å². The second-order valence-electron chi connectivity index (χ2n) is 3.50. The van der Waals surface area contributed by atoms with E-state index >= 15 is 0 Å². The molecule has 0 unspecified atom stereocenters. The van der Waals surface area contributed by atoms with Crippen LogP contribution in [0.1, 0.15) is 6.92 Å². The molecular weight excluding hydrogens is 236 g/mol. The summed E-state index contributed by atoms with van der Waals surface area (Å²) in [6, 6.07) is 0. The molecule has 0 saturated heterocycles. The van der Waals surface area contributed by atoms with E-state index < -0.39 is 0 Å². The Balaban J connectivity index is 2.99. The van der Waals surface area contributed by atoms with Crippen molar-refractivity contribution in [2.24, 2.45) is 0 Å². The van der Waals surface area contributed by atoms with Gasteiger partial charge in [0.1, 0.15) is 0 Å². The molecule has 102 valence electrons. The van der Waals surface area contributed by atoms with Crippen LogP contribution in [0.5, 0.6) is 0 Å². The van der Waals surface area contributed by atoms with E-state index in [1.807, 2.05) is 6.92 Å². The van der Waals surface area contributed by atoms with E-state index in [0.29, 0.717) is 37.5 Å². The number of hydrogen-bond acceptors (Lipinski definition) is 8. The van der Waals surface area contributed by atoms with Crippen LogP contribution in [0.2, 0.25) is 0 Å². The summed E-state index contributed by atoms with van der Waals surface area (Å²) in [6.45, 7) is 3.31. The fourth-order valence-electron chi connectivity index (χ4n) is 1.41. The van der Waals surface area contributed by atoms with Gasteiger partial charge in [-0.2, -0.15) is 15.0 Å². The average molecular weight is 256 g/mol. The van der Waals surface area contributed by atoms with Gasteiger partial charge in [-0.25, -0.2) is 0 Å². The molecule has 1 rings (SSSR count). The normalized spacial score (nSPS) is 10.2. The lowest BCUT2D eigenvalue weighted by Crippen LogP contribution is -2.31. The summed E-state index contributed by atoms with van der Waals surface area (Å²) >= 11 is 0. The van der Waals surface area contributed by atoms with E-state index in [0.717, 1.165) is 0 Å². The molecule has 0 spiro atoms. The van der Waals surface area contributed by atoms with Gasteiger partial charge < -0.3 is 25.7 Å². The number of aliphatic hydroxyl groups is 2. The van der Waals surface area contributed by atoms with Crippen LogP contribution in [0.3, 0.4) is 0 Å². The Kier molecular flexibility index (Phi) is 6.09. The second kappa shape index (κ2) is 7.62. The highest BCUT2D eigenvalue weighted by atomic mass is 16.3. The first kappa shape index (κ1) is 14.4. The zero-order chi connectivity index (χ0) is 13.4. The van der Waals surface area contributed by atoms with Crippen molar-refractivity contribution in [3.63, 3.8) is 0 Å². The monoisotopic (exact) mass is 256 g/mol. The van der Waals surface area contributed by atoms with E-state index in [1.54, 1.807) is 11.9 Å². The van der Waals surface area contributed by atoms with Gasteiger partial charge in [-0.15, -0.1) is 0 Å². The smallest absolute Gasteiger partial charge is 0.232 e. The number of aromatic nitrogens is 3. The molecule has 0 fully saturated rings. The lowest BCUT2D eigenvalue weighted by Gasteiger charge is -2.21. The summed E-state index contributed by atoms with van der Waals surface area (Å²) in [6.07, 6.45) is 0. The van der Waals surface area contributed by atoms with Crippen molar-refractivity contribution >= 4 is 17.8 Å². The van der Waals surface area contributed by atoms with Crippen LogP contribution in [0.25, 0.3) is 0 Å². The Morgan fingerprint density at radius 2 is 1.67 bits per heavy atom. The molecule has 0 saturated carbocycles. The molecule has 0 radical (unpaired) electrons. The maximum absolute atomic E-state index is 9.00. The Bertz CT molecular complexity index is 356. The lowest BCUT2D eigenvalue weighted by molar-refractivity contribution is 0.280. The fraction of sp³-hybridized carbons (Fsp3) is 0.700. The predicted octanol–water partition coefficient (Wildman–Crippen LogP) is -0.864. The van der Waals surface area contributed by atoms with Crippen LogP contribution in [-0.4, -0.2) is 65.1 Å². The quantitative estimate of drug-likeness (QED) is 0.476. The summed E-state index contributed by atoms with van der Waals surface area (Å²) in [4.78, 5) is 14.3. The third-order valence-corrected chi connectivity index (χ3v) is 2.20. The minimum atomic E-state index is -0.0306. The standard InChI is InChI=1S/C10H20N6O2/c1-3-12-9-13-8(11-2)14-10(15-9)16(4-6-17)5-7-18/h17-18H,3-7H2,1-2H3,(H2,11,12,13,14,15). The molecule has 8 nitrogen and oxygen atoms in total. The minimum absolute atomic E-state index is 0.0306. The summed E-state index contributed by atoms with van der Waals surface area (Å²) < 4.78 is 0. The van der Waals surface area contributed by atoms with Gasteiger partial charge in [0.2, 0.25) is 17.8 Å². The first-order valence-corrected chi connectivity index (χ1v) is 5.89. The van der Waals surface area contributed by atoms with Crippen LogP contribution >= 0.6 is 0 Å². The highest BCUT2D eigenvalue weighted by Crippen LogP contribution is 2.12. The van der Waals surface area contributed by atoms with E-state index in [2.05, 4.69) is 25.6 Å². The summed E-state index contributed by atoms with van der Waals surface area (Å²) in [5.41, 5.74) is 0. The molecule has 0 amide bonds. The lowest BCUT2D eigenvalue weighted by atomic mass is 10.5. The molecule has 1 heterocycles. The summed E-state index contributed by atoms with van der Waals surface area (Å²) in [7, 11) is 1.72. The van der Waals surface area contributed by atoms with Crippen molar-refractivity contribution in [3.05, 3.63) is 0 Å². The number of nitrogens with one attached hydrogen (secondary N) is 2. The minimum Gasteiger partial charge on any atom is -0.395 e. The van der Waals surface area contributed by atoms with Crippen molar-refractivity contribution in [2.75, 3.05) is 55.4 Å².